The molecule has 1 saturated heterocycles. The lowest BCUT2D eigenvalue weighted by Gasteiger charge is -2.32. The lowest BCUT2D eigenvalue weighted by atomic mass is 9.55. The monoisotopic (exact) mass is 226 g/mol. The number of rotatable bonds is 4. The SMILES string of the molecule is CCCC(C)(CC)B1OC(C)(C)C(C)(C)O1. The van der Waals surface area contributed by atoms with Gasteiger partial charge < -0.3 is 9.31 Å². The highest BCUT2D eigenvalue weighted by Crippen LogP contribution is 2.48. The second-order valence-electron chi connectivity index (χ2n) is 6.35. The minimum Gasteiger partial charge on any atom is -0.403 e. The first-order valence-corrected chi connectivity index (χ1v) is 6.54. The Hall–Kier alpha value is -0.0151. The van der Waals surface area contributed by atoms with Gasteiger partial charge in [-0.2, -0.15) is 0 Å². The molecule has 1 heterocycles. The van der Waals surface area contributed by atoms with Gasteiger partial charge in [-0.3, -0.25) is 0 Å². The number of hydrogen-bond donors (Lipinski definition) is 0. The summed E-state index contributed by atoms with van der Waals surface area (Å²) in [5, 5.41) is 0.139. The summed E-state index contributed by atoms with van der Waals surface area (Å²) in [5.74, 6) is 0. The first kappa shape index (κ1) is 14.0. The molecule has 0 bridgehead atoms. The van der Waals surface area contributed by atoms with E-state index in [1.807, 2.05) is 0 Å². The molecule has 16 heavy (non-hydrogen) atoms. The average molecular weight is 226 g/mol. The van der Waals surface area contributed by atoms with Gasteiger partial charge in [-0.1, -0.05) is 33.6 Å². The Kier molecular flexibility index (Phi) is 3.81. The van der Waals surface area contributed by atoms with Crippen LogP contribution in [0.25, 0.3) is 0 Å². The van der Waals surface area contributed by atoms with E-state index < -0.39 is 0 Å². The van der Waals surface area contributed by atoms with E-state index >= 15 is 0 Å². The van der Waals surface area contributed by atoms with Crippen molar-refractivity contribution < 1.29 is 9.31 Å². The Morgan fingerprint density at radius 3 is 1.75 bits per heavy atom. The standard InChI is InChI=1S/C13H27BO2/c1-8-10-13(7,9-2)14-15-11(3,4)12(5,6)16-14/h8-10H2,1-7H3. The predicted octanol–water partition coefficient (Wildman–Crippen LogP) is 4.05. The molecule has 0 N–H and O–H groups in total. The molecule has 0 aliphatic carbocycles. The van der Waals surface area contributed by atoms with Gasteiger partial charge in [0.05, 0.1) is 11.2 Å². The molecule has 1 rings (SSSR count). The first-order valence-electron chi connectivity index (χ1n) is 6.54. The number of hydrogen-bond acceptors (Lipinski definition) is 2. The zero-order chi connectivity index (χ0) is 12.6. The van der Waals surface area contributed by atoms with E-state index in [4.69, 9.17) is 9.31 Å². The molecule has 1 aliphatic heterocycles. The van der Waals surface area contributed by atoms with Gasteiger partial charge in [0.15, 0.2) is 0 Å². The Labute approximate surface area is 101 Å². The summed E-state index contributed by atoms with van der Waals surface area (Å²) in [5.41, 5.74) is -0.413. The van der Waals surface area contributed by atoms with Crippen LogP contribution in [0.5, 0.6) is 0 Å². The maximum absolute atomic E-state index is 6.15. The van der Waals surface area contributed by atoms with E-state index in [1.165, 1.54) is 6.42 Å². The van der Waals surface area contributed by atoms with Crippen molar-refractivity contribution >= 4 is 7.12 Å². The molecule has 0 aromatic rings. The van der Waals surface area contributed by atoms with Gasteiger partial charge in [-0.15, -0.1) is 0 Å². The maximum atomic E-state index is 6.15. The Bertz CT molecular complexity index is 234. The van der Waals surface area contributed by atoms with Gasteiger partial charge in [0.25, 0.3) is 0 Å². The summed E-state index contributed by atoms with van der Waals surface area (Å²) in [6.07, 6.45) is 3.42. The third kappa shape index (κ3) is 2.30. The van der Waals surface area contributed by atoms with Crippen molar-refractivity contribution in [3.05, 3.63) is 0 Å². The highest BCUT2D eigenvalue weighted by Gasteiger charge is 2.56. The van der Waals surface area contributed by atoms with Crippen molar-refractivity contribution in [2.75, 3.05) is 0 Å². The van der Waals surface area contributed by atoms with Crippen LogP contribution in [0.4, 0.5) is 0 Å². The lowest BCUT2D eigenvalue weighted by Crippen LogP contribution is -2.41. The van der Waals surface area contributed by atoms with Crippen molar-refractivity contribution in [2.45, 2.75) is 84.2 Å². The predicted molar refractivity (Wildman–Crippen MR) is 69.6 cm³/mol. The molecule has 1 unspecified atom stereocenters. The minimum atomic E-state index is -0.207. The Balaban J connectivity index is 2.85. The van der Waals surface area contributed by atoms with Crippen LogP contribution in [-0.4, -0.2) is 18.3 Å². The van der Waals surface area contributed by atoms with E-state index in [0.29, 0.717) is 0 Å². The maximum Gasteiger partial charge on any atom is 0.464 e. The average Bonchev–Trinajstić information content (AvgIpc) is 2.37. The van der Waals surface area contributed by atoms with Crippen molar-refractivity contribution in [1.82, 2.24) is 0 Å². The molecule has 1 fully saturated rings. The second-order valence-corrected chi connectivity index (χ2v) is 6.35. The van der Waals surface area contributed by atoms with E-state index in [1.54, 1.807) is 0 Å². The molecule has 0 spiro atoms. The Morgan fingerprint density at radius 1 is 1.00 bits per heavy atom. The van der Waals surface area contributed by atoms with E-state index in [-0.39, 0.29) is 23.6 Å². The van der Waals surface area contributed by atoms with Gasteiger partial charge in [0.2, 0.25) is 0 Å². The third-order valence-corrected chi connectivity index (χ3v) is 4.45. The molecular formula is C13H27BO2. The van der Waals surface area contributed by atoms with E-state index in [9.17, 15) is 0 Å². The summed E-state index contributed by atoms with van der Waals surface area (Å²) in [4.78, 5) is 0. The van der Waals surface area contributed by atoms with Gasteiger partial charge in [-0.05, 0) is 34.1 Å². The molecule has 1 aliphatic rings. The van der Waals surface area contributed by atoms with E-state index in [2.05, 4.69) is 48.5 Å². The van der Waals surface area contributed by atoms with Crippen LogP contribution in [0.15, 0.2) is 0 Å². The molecular weight excluding hydrogens is 199 g/mol. The summed E-state index contributed by atoms with van der Waals surface area (Å²) >= 11 is 0. The quantitative estimate of drug-likeness (QED) is 0.673. The molecule has 1 atom stereocenters. The van der Waals surface area contributed by atoms with Gasteiger partial charge >= 0.3 is 7.12 Å². The topological polar surface area (TPSA) is 18.5 Å². The van der Waals surface area contributed by atoms with Crippen LogP contribution in [0.3, 0.4) is 0 Å². The summed E-state index contributed by atoms with van der Waals surface area (Å²) in [7, 11) is -0.0672. The van der Waals surface area contributed by atoms with Crippen LogP contribution in [0.2, 0.25) is 5.31 Å². The van der Waals surface area contributed by atoms with Crippen LogP contribution in [0, 0.1) is 0 Å². The van der Waals surface area contributed by atoms with Gasteiger partial charge in [0, 0.05) is 5.31 Å². The first-order chi connectivity index (χ1) is 7.18. The fourth-order valence-electron chi connectivity index (χ4n) is 2.16. The van der Waals surface area contributed by atoms with Gasteiger partial charge in [-0.25, -0.2) is 0 Å². The van der Waals surface area contributed by atoms with Crippen molar-refractivity contribution in [2.24, 2.45) is 0 Å². The zero-order valence-electron chi connectivity index (χ0n) is 12.0. The second kappa shape index (κ2) is 4.34. The molecule has 0 amide bonds. The largest absolute Gasteiger partial charge is 0.464 e. The van der Waals surface area contributed by atoms with Crippen LogP contribution >= 0.6 is 0 Å². The minimum absolute atomic E-state index is 0.0672. The lowest BCUT2D eigenvalue weighted by molar-refractivity contribution is 0.00578. The molecule has 0 aromatic carbocycles. The highest BCUT2D eigenvalue weighted by molar-refractivity contribution is 6.49. The van der Waals surface area contributed by atoms with Crippen molar-refractivity contribution in [3.8, 4) is 0 Å². The summed E-state index contributed by atoms with van der Waals surface area (Å²) in [6.45, 7) is 15.2. The van der Waals surface area contributed by atoms with Gasteiger partial charge in [0.1, 0.15) is 0 Å². The summed E-state index contributed by atoms with van der Waals surface area (Å²) < 4.78 is 12.3. The fourth-order valence-corrected chi connectivity index (χ4v) is 2.16. The highest BCUT2D eigenvalue weighted by atomic mass is 16.7. The molecule has 0 saturated carbocycles. The molecule has 0 radical (unpaired) electrons. The van der Waals surface area contributed by atoms with Crippen LogP contribution in [0.1, 0.15) is 67.7 Å². The van der Waals surface area contributed by atoms with Crippen molar-refractivity contribution in [3.63, 3.8) is 0 Å². The van der Waals surface area contributed by atoms with Crippen molar-refractivity contribution in [1.29, 1.82) is 0 Å². The molecule has 94 valence electrons. The van der Waals surface area contributed by atoms with E-state index in [0.717, 1.165) is 12.8 Å². The summed E-state index contributed by atoms with van der Waals surface area (Å²) in [6, 6.07) is 0. The molecule has 2 nitrogen and oxygen atoms in total. The third-order valence-electron chi connectivity index (χ3n) is 4.45. The van der Waals surface area contributed by atoms with Crippen LogP contribution < -0.4 is 0 Å². The molecule has 3 heteroatoms. The Morgan fingerprint density at radius 2 is 1.44 bits per heavy atom. The molecule has 0 aromatic heterocycles. The normalized spacial score (nSPS) is 26.8. The fraction of sp³-hybridized carbons (Fsp3) is 1.00. The zero-order valence-corrected chi connectivity index (χ0v) is 12.0. The smallest absolute Gasteiger partial charge is 0.403 e. The van der Waals surface area contributed by atoms with Crippen LogP contribution in [-0.2, 0) is 9.31 Å².